The summed E-state index contributed by atoms with van der Waals surface area (Å²) in [6.45, 7) is 0.171. The lowest BCUT2D eigenvalue weighted by molar-refractivity contribution is -0.117. The Balaban J connectivity index is 1.94. The third-order valence-electron chi connectivity index (χ3n) is 3.23. The van der Waals surface area contributed by atoms with Crippen molar-refractivity contribution in [2.24, 2.45) is 11.7 Å². The second kappa shape index (κ2) is 6.52. The van der Waals surface area contributed by atoms with Crippen LogP contribution in [0.4, 0.5) is 5.69 Å². The lowest BCUT2D eigenvalue weighted by Crippen LogP contribution is -2.22. The summed E-state index contributed by atoms with van der Waals surface area (Å²) in [6.07, 6.45) is 4.15. The van der Waals surface area contributed by atoms with Gasteiger partial charge in [-0.2, -0.15) is 0 Å². The number of carbonyl (C=O) groups excluding carboxylic acids is 1. The molecule has 4 nitrogen and oxygen atoms in total. The van der Waals surface area contributed by atoms with Crippen LogP contribution in [0.15, 0.2) is 24.3 Å². The number of rotatable bonds is 6. The van der Waals surface area contributed by atoms with Crippen LogP contribution in [0.5, 0.6) is 5.75 Å². The highest BCUT2D eigenvalue weighted by atomic mass is 32.1. The molecule has 0 spiro atoms. The standard InChI is InChI=1S/C14H18N2O2S/c15-13(19)9-18-12-7-2-1-6-11(12)16-14(17)8-10-4-3-5-10/h1-2,6-7,10H,3-5,8-9H2,(H2,15,19)(H,16,17). The number of hydrogen-bond acceptors (Lipinski definition) is 3. The van der Waals surface area contributed by atoms with Crippen LogP contribution >= 0.6 is 12.2 Å². The molecule has 1 aromatic rings. The normalized spacial score (nSPS) is 14.5. The van der Waals surface area contributed by atoms with Gasteiger partial charge in [0.25, 0.3) is 0 Å². The molecule has 0 unspecified atom stereocenters. The van der Waals surface area contributed by atoms with Gasteiger partial charge in [-0.25, -0.2) is 0 Å². The number of nitrogens with two attached hydrogens (primary N) is 1. The first kappa shape index (κ1) is 13.8. The van der Waals surface area contributed by atoms with Gasteiger partial charge in [0.15, 0.2) is 0 Å². The Morgan fingerprint density at radius 2 is 2.16 bits per heavy atom. The van der Waals surface area contributed by atoms with E-state index in [1.54, 1.807) is 6.07 Å². The molecule has 2 rings (SSSR count). The molecule has 1 fully saturated rings. The quantitative estimate of drug-likeness (QED) is 0.785. The van der Waals surface area contributed by atoms with Crippen molar-refractivity contribution in [3.63, 3.8) is 0 Å². The van der Waals surface area contributed by atoms with Gasteiger partial charge in [0.05, 0.1) is 5.69 Å². The maximum absolute atomic E-state index is 11.9. The molecule has 0 heterocycles. The summed E-state index contributed by atoms with van der Waals surface area (Å²) in [6, 6.07) is 7.30. The minimum absolute atomic E-state index is 0.0380. The van der Waals surface area contributed by atoms with E-state index in [4.69, 9.17) is 22.7 Å². The van der Waals surface area contributed by atoms with Gasteiger partial charge in [0, 0.05) is 6.42 Å². The number of carbonyl (C=O) groups is 1. The van der Waals surface area contributed by atoms with E-state index in [9.17, 15) is 4.79 Å². The van der Waals surface area contributed by atoms with E-state index in [2.05, 4.69) is 5.32 Å². The molecular formula is C14H18N2O2S. The van der Waals surface area contributed by atoms with Crippen LogP contribution in [-0.2, 0) is 4.79 Å². The average molecular weight is 278 g/mol. The van der Waals surface area contributed by atoms with E-state index in [0.717, 1.165) is 12.8 Å². The summed E-state index contributed by atoms with van der Waals surface area (Å²) in [4.78, 5) is 12.2. The monoisotopic (exact) mass is 278 g/mol. The maximum Gasteiger partial charge on any atom is 0.224 e. The van der Waals surface area contributed by atoms with E-state index in [0.29, 0.717) is 23.8 Å². The molecule has 1 aliphatic carbocycles. The van der Waals surface area contributed by atoms with Crippen molar-refractivity contribution in [3.8, 4) is 5.75 Å². The highest BCUT2D eigenvalue weighted by Crippen LogP contribution is 2.30. The van der Waals surface area contributed by atoms with Gasteiger partial charge < -0.3 is 15.8 Å². The van der Waals surface area contributed by atoms with Crippen LogP contribution < -0.4 is 15.8 Å². The van der Waals surface area contributed by atoms with E-state index in [1.165, 1.54) is 6.42 Å². The number of nitrogens with one attached hydrogen (secondary N) is 1. The molecule has 0 aliphatic heterocycles. The van der Waals surface area contributed by atoms with Crippen molar-refractivity contribution in [1.82, 2.24) is 0 Å². The van der Waals surface area contributed by atoms with Crippen molar-refractivity contribution in [3.05, 3.63) is 24.3 Å². The zero-order valence-corrected chi connectivity index (χ0v) is 11.5. The Bertz CT molecular complexity index is 472. The Morgan fingerprint density at radius 1 is 1.42 bits per heavy atom. The second-order valence-electron chi connectivity index (χ2n) is 4.80. The largest absolute Gasteiger partial charge is 0.484 e. The number of hydrogen-bond donors (Lipinski definition) is 2. The summed E-state index contributed by atoms with van der Waals surface area (Å²) in [7, 11) is 0. The molecule has 19 heavy (non-hydrogen) atoms. The van der Waals surface area contributed by atoms with Gasteiger partial charge >= 0.3 is 0 Å². The fourth-order valence-electron chi connectivity index (χ4n) is 2.01. The Hall–Kier alpha value is -1.62. The van der Waals surface area contributed by atoms with Gasteiger partial charge in [-0.05, 0) is 30.9 Å². The first-order valence-corrected chi connectivity index (χ1v) is 6.86. The third kappa shape index (κ3) is 4.21. The molecule has 1 saturated carbocycles. The zero-order chi connectivity index (χ0) is 13.7. The second-order valence-corrected chi connectivity index (χ2v) is 5.32. The van der Waals surface area contributed by atoms with Crippen LogP contribution in [0.2, 0.25) is 0 Å². The summed E-state index contributed by atoms with van der Waals surface area (Å²) in [5.41, 5.74) is 6.07. The summed E-state index contributed by atoms with van der Waals surface area (Å²) < 4.78 is 5.46. The van der Waals surface area contributed by atoms with Crippen LogP contribution in [0.25, 0.3) is 0 Å². The molecule has 5 heteroatoms. The average Bonchev–Trinajstić information content (AvgIpc) is 2.33. The highest BCUT2D eigenvalue weighted by Gasteiger charge is 2.21. The number of benzene rings is 1. The van der Waals surface area contributed by atoms with E-state index in [1.807, 2.05) is 18.2 Å². The summed E-state index contributed by atoms with van der Waals surface area (Å²) in [5, 5.41) is 2.89. The van der Waals surface area contributed by atoms with Crippen molar-refractivity contribution >= 4 is 28.8 Å². The van der Waals surface area contributed by atoms with Gasteiger partial charge in [0.1, 0.15) is 17.3 Å². The zero-order valence-electron chi connectivity index (χ0n) is 10.7. The van der Waals surface area contributed by atoms with Crippen LogP contribution in [0.1, 0.15) is 25.7 Å². The van der Waals surface area contributed by atoms with Crippen molar-refractivity contribution in [2.75, 3.05) is 11.9 Å². The predicted octanol–water partition coefficient (Wildman–Crippen LogP) is 2.48. The SMILES string of the molecule is NC(=S)COc1ccccc1NC(=O)CC1CCC1. The highest BCUT2D eigenvalue weighted by molar-refractivity contribution is 7.80. The minimum Gasteiger partial charge on any atom is -0.484 e. The Morgan fingerprint density at radius 3 is 2.79 bits per heavy atom. The maximum atomic E-state index is 11.9. The molecule has 3 N–H and O–H groups in total. The fourth-order valence-corrected chi connectivity index (χ4v) is 2.06. The number of ether oxygens (including phenoxy) is 1. The van der Waals surface area contributed by atoms with E-state index >= 15 is 0 Å². The smallest absolute Gasteiger partial charge is 0.224 e. The van der Waals surface area contributed by atoms with E-state index < -0.39 is 0 Å². The van der Waals surface area contributed by atoms with E-state index in [-0.39, 0.29) is 17.5 Å². The number of thiocarbonyl (C=S) groups is 1. The van der Waals surface area contributed by atoms with Crippen molar-refractivity contribution < 1.29 is 9.53 Å². The first-order valence-electron chi connectivity index (χ1n) is 6.45. The first-order chi connectivity index (χ1) is 9.15. The molecule has 0 aromatic heterocycles. The van der Waals surface area contributed by atoms with Crippen LogP contribution in [0.3, 0.4) is 0 Å². The Labute approximate surface area is 118 Å². The topological polar surface area (TPSA) is 64.3 Å². The molecule has 0 atom stereocenters. The molecule has 0 bridgehead atoms. The van der Waals surface area contributed by atoms with Crippen molar-refractivity contribution in [1.29, 1.82) is 0 Å². The van der Waals surface area contributed by atoms with Gasteiger partial charge in [-0.3, -0.25) is 4.79 Å². The van der Waals surface area contributed by atoms with Crippen LogP contribution in [0, 0.1) is 5.92 Å². The number of amides is 1. The van der Waals surface area contributed by atoms with Gasteiger partial charge in [-0.1, -0.05) is 30.8 Å². The minimum atomic E-state index is 0.0380. The summed E-state index contributed by atoms with van der Waals surface area (Å²) >= 11 is 4.77. The van der Waals surface area contributed by atoms with Crippen LogP contribution in [-0.4, -0.2) is 17.5 Å². The lowest BCUT2D eigenvalue weighted by Gasteiger charge is -2.24. The Kier molecular flexibility index (Phi) is 4.74. The molecule has 0 radical (unpaired) electrons. The molecule has 1 aliphatic rings. The fraction of sp³-hybridized carbons (Fsp3) is 0.429. The van der Waals surface area contributed by atoms with Gasteiger partial charge in [0.2, 0.25) is 5.91 Å². The molecule has 102 valence electrons. The molecule has 1 aromatic carbocycles. The van der Waals surface area contributed by atoms with Gasteiger partial charge in [-0.15, -0.1) is 0 Å². The molecule has 0 saturated heterocycles. The molecular weight excluding hydrogens is 260 g/mol. The lowest BCUT2D eigenvalue weighted by atomic mass is 9.83. The molecule has 1 amide bonds. The summed E-state index contributed by atoms with van der Waals surface area (Å²) in [5.74, 6) is 1.18. The number of para-hydroxylation sites is 2. The third-order valence-corrected chi connectivity index (χ3v) is 3.35. The predicted molar refractivity (Wildman–Crippen MR) is 79.3 cm³/mol. The number of anilines is 1. The van der Waals surface area contributed by atoms with Crippen molar-refractivity contribution in [2.45, 2.75) is 25.7 Å².